The van der Waals surface area contributed by atoms with Crippen LogP contribution in [0.2, 0.25) is 0 Å². The Balaban J connectivity index is 1.51. The molecule has 0 radical (unpaired) electrons. The van der Waals surface area contributed by atoms with Crippen LogP contribution >= 0.6 is 0 Å². The lowest BCUT2D eigenvalue weighted by Crippen LogP contribution is -2.54. The van der Waals surface area contributed by atoms with Crippen LogP contribution in [0.3, 0.4) is 0 Å². The van der Waals surface area contributed by atoms with Crippen molar-refractivity contribution in [2.45, 2.75) is 70.1 Å². The van der Waals surface area contributed by atoms with Crippen LogP contribution in [0, 0.1) is 11.8 Å². The minimum atomic E-state index is -0.230. The van der Waals surface area contributed by atoms with Crippen LogP contribution in [0.1, 0.15) is 51.9 Å². The van der Waals surface area contributed by atoms with Gasteiger partial charge in [0.25, 0.3) is 0 Å². The minimum Gasteiger partial charge on any atom is -0.393 e. The minimum absolute atomic E-state index is 0.143. The van der Waals surface area contributed by atoms with Crippen LogP contribution in [0.15, 0.2) is 0 Å². The Morgan fingerprint density at radius 2 is 2.00 bits per heavy atom. The second-order valence-electron chi connectivity index (χ2n) is 7.80. The number of aliphatic hydroxyl groups excluding tert-OH is 1. The molecule has 0 aromatic carbocycles. The highest BCUT2D eigenvalue weighted by Crippen LogP contribution is 2.32. The SMILES string of the molecule is CC1CCC(NC(=O)CN2CCOC[C@@H]2[C@H]2CCC[C@@H]2O)CC1. The van der Waals surface area contributed by atoms with Gasteiger partial charge in [-0.1, -0.05) is 13.3 Å². The third-order valence-corrected chi connectivity index (χ3v) is 6.03. The number of rotatable bonds is 4. The van der Waals surface area contributed by atoms with Gasteiger partial charge < -0.3 is 15.2 Å². The lowest BCUT2D eigenvalue weighted by Gasteiger charge is -2.40. The average molecular weight is 324 g/mol. The number of morpholine rings is 1. The predicted molar refractivity (Wildman–Crippen MR) is 89.1 cm³/mol. The Bertz CT molecular complexity index is 396. The number of hydrogen-bond donors (Lipinski definition) is 2. The number of nitrogens with zero attached hydrogens (tertiary/aromatic N) is 1. The molecule has 2 aliphatic carbocycles. The molecule has 0 bridgehead atoms. The zero-order chi connectivity index (χ0) is 16.2. The van der Waals surface area contributed by atoms with Gasteiger partial charge in [0.15, 0.2) is 0 Å². The Morgan fingerprint density at radius 3 is 2.70 bits per heavy atom. The van der Waals surface area contributed by atoms with Crippen molar-refractivity contribution in [1.29, 1.82) is 0 Å². The van der Waals surface area contributed by atoms with Crippen molar-refractivity contribution >= 4 is 5.91 Å². The van der Waals surface area contributed by atoms with Gasteiger partial charge in [-0.25, -0.2) is 0 Å². The van der Waals surface area contributed by atoms with Gasteiger partial charge in [0, 0.05) is 24.5 Å². The molecule has 0 spiro atoms. The molecule has 5 heteroatoms. The number of carbonyl (C=O) groups excluding carboxylic acids is 1. The van der Waals surface area contributed by atoms with Gasteiger partial charge in [0.05, 0.1) is 25.9 Å². The number of carbonyl (C=O) groups is 1. The van der Waals surface area contributed by atoms with Crippen molar-refractivity contribution < 1.29 is 14.6 Å². The molecule has 0 unspecified atom stereocenters. The van der Waals surface area contributed by atoms with E-state index < -0.39 is 0 Å². The summed E-state index contributed by atoms with van der Waals surface area (Å²) in [7, 11) is 0. The van der Waals surface area contributed by atoms with Crippen LogP contribution in [-0.2, 0) is 9.53 Å². The summed E-state index contributed by atoms with van der Waals surface area (Å²) in [6.07, 6.45) is 7.46. The Hall–Kier alpha value is -0.650. The fraction of sp³-hybridized carbons (Fsp3) is 0.944. The van der Waals surface area contributed by atoms with Gasteiger partial charge in [-0.05, 0) is 44.4 Å². The van der Waals surface area contributed by atoms with Gasteiger partial charge in [0.1, 0.15) is 0 Å². The maximum Gasteiger partial charge on any atom is 0.234 e. The highest BCUT2D eigenvalue weighted by atomic mass is 16.5. The topological polar surface area (TPSA) is 61.8 Å². The Labute approximate surface area is 139 Å². The molecule has 1 heterocycles. The maximum atomic E-state index is 12.4. The van der Waals surface area contributed by atoms with E-state index >= 15 is 0 Å². The molecule has 3 atom stereocenters. The number of ether oxygens (including phenoxy) is 1. The summed E-state index contributed by atoms with van der Waals surface area (Å²) in [4.78, 5) is 14.7. The number of hydrogen-bond acceptors (Lipinski definition) is 4. The molecule has 1 saturated heterocycles. The van der Waals surface area contributed by atoms with Gasteiger partial charge in [-0.2, -0.15) is 0 Å². The third kappa shape index (κ3) is 4.46. The normalized spacial score (nSPS) is 39.3. The van der Waals surface area contributed by atoms with Crippen molar-refractivity contribution in [2.75, 3.05) is 26.3 Å². The van der Waals surface area contributed by atoms with Gasteiger partial charge in [-0.15, -0.1) is 0 Å². The quantitative estimate of drug-likeness (QED) is 0.823. The predicted octanol–water partition coefficient (Wildman–Crippen LogP) is 1.54. The molecular formula is C18H32N2O3. The van der Waals surface area contributed by atoms with Gasteiger partial charge in [0.2, 0.25) is 5.91 Å². The van der Waals surface area contributed by atoms with Crippen molar-refractivity contribution in [3.8, 4) is 0 Å². The molecule has 5 nitrogen and oxygen atoms in total. The molecule has 132 valence electrons. The molecule has 3 rings (SSSR count). The van der Waals surface area contributed by atoms with E-state index in [4.69, 9.17) is 4.74 Å². The zero-order valence-electron chi connectivity index (χ0n) is 14.4. The van der Waals surface area contributed by atoms with Gasteiger partial charge in [-0.3, -0.25) is 9.69 Å². The van der Waals surface area contributed by atoms with E-state index in [2.05, 4.69) is 17.1 Å². The molecule has 2 saturated carbocycles. The van der Waals surface area contributed by atoms with Crippen LogP contribution in [0.25, 0.3) is 0 Å². The molecule has 0 aromatic heterocycles. The molecule has 3 fully saturated rings. The smallest absolute Gasteiger partial charge is 0.234 e. The summed E-state index contributed by atoms with van der Waals surface area (Å²) in [5.74, 6) is 1.21. The van der Waals surface area contributed by atoms with E-state index in [0.29, 0.717) is 25.8 Å². The Kier molecular flexibility index (Phi) is 5.94. The highest BCUT2D eigenvalue weighted by Gasteiger charge is 2.38. The van der Waals surface area contributed by atoms with Crippen molar-refractivity contribution in [3.63, 3.8) is 0 Å². The van der Waals surface area contributed by atoms with Gasteiger partial charge >= 0.3 is 0 Å². The van der Waals surface area contributed by atoms with E-state index in [1.165, 1.54) is 12.8 Å². The number of aliphatic hydroxyl groups is 1. The zero-order valence-corrected chi connectivity index (χ0v) is 14.4. The van der Waals surface area contributed by atoms with Crippen LogP contribution in [-0.4, -0.2) is 60.4 Å². The third-order valence-electron chi connectivity index (χ3n) is 6.03. The summed E-state index contributed by atoms with van der Waals surface area (Å²) in [5, 5.41) is 13.4. The van der Waals surface area contributed by atoms with Crippen molar-refractivity contribution in [3.05, 3.63) is 0 Å². The molecule has 1 amide bonds. The number of amides is 1. The van der Waals surface area contributed by atoms with Crippen molar-refractivity contribution in [2.24, 2.45) is 11.8 Å². The summed E-state index contributed by atoms with van der Waals surface area (Å²) >= 11 is 0. The summed E-state index contributed by atoms with van der Waals surface area (Å²) < 4.78 is 5.63. The first-order valence-electron chi connectivity index (χ1n) is 9.42. The van der Waals surface area contributed by atoms with E-state index in [-0.39, 0.29) is 24.0 Å². The highest BCUT2D eigenvalue weighted by molar-refractivity contribution is 5.78. The molecule has 1 aliphatic heterocycles. The average Bonchev–Trinajstić information content (AvgIpc) is 2.96. The largest absolute Gasteiger partial charge is 0.393 e. The standard InChI is InChI=1S/C18H32N2O3/c1-13-5-7-14(8-6-13)19-18(22)11-20-9-10-23-12-16(20)15-3-2-4-17(15)21/h13-17,21H,2-12H2,1H3,(H,19,22)/t13?,14?,15-,16-,17+/m1/s1. The van der Waals surface area contributed by atoms with E-state index in [0.717, 1.165) is 44.6 Å². The number of nitrogens with one attached hydrogen (secondary N) is 1. The first-order chi connectivity index (χ1) is 11.1. The van der Waals surface area contributed by atoms with Crippen LogP contribution in [0.4, 0.5) is 0 Å². The lowest BCUT2D eigenvalue weighted by molar-refractivity contribution is -0.127. The molecule has 0 aromatic rings. The summed E-state index contributed by atoms with van der Waals surface area (Å²) in [6, 6.07) is 0.550. The van der Waals surface area contributed by atoms with E-state index in [1.54, 1.807) is 0 Å². The first kappa shape index (κ1) is 17.2. The monoisotopic (exact) mass is 324 g/mol. The van der Waals surface area contributed by atoms with Crippen LogP contribution in [0.5, 0.6) is 0 Å². The fourth-order valence-electron chi connectivity index (χ4n) is 4.53. The lowest BCUT2D eigenvalue weighted by atomic mass is 9.87. The Morgan fingerprint density at radius 1 is 1.22 bits per heavy atom. The second kappa shape index (κ2) is 7.95. The van der Waals surface area contributed by atoms with Crippen molar-refractivity contribution in [1.82, 2.24) is 10.2 Å². The van der Waals surface area contributed by atoms with Crippen LogP contribution < -0.4 is 5.32 Å². The molecule has 3 aliphatic rings. The molecule has 23 heavy (non-hydrogen) atoms. The molecule has 2 N–H and O–H groups in total. The summed E-state index contributed by atoms with van der Waals surface area (Å²) in [6.45, 7) is 4.87. The second-order valence-corrected chi connectivity index (χ2v) is 7.80. The fourth-order valence-corrected chi connectivity index (χ4v) is 4.53. The van der Waals surface area contributed by atoms with E-state index in [9.17, 15) is 9.90 Å². The van der Waals surface area contributed by atoms with E-state index in [1.807, 2.05) is 0 Å². The first-order valence-corrected chi connectivity index (χ1v) is 9.42. The maximum absolute atomic E-state index is 12.4. The molecular weight excluding hydrogens is 292 g/mol. The summed E-state index contributed by atoms with van der Waals surface area (Å²) in [5.41, 5.74) is 0.